The number of fused-ring (bicyclic) bond motifs is 3. The quantitative estimate of drug-likeness (QED) is 0.676. The molecule has 0 spiro atoms. The van der Waals surface area contributed by atoms with E-state index in [-0.39, 0.29) is 5.56 Å². The number of aryl methyl sites for hydroxylation is 2. The lowest BCUT2D eigenvalue weighted by Crippen LogP contribution is -2.04. The maximum atomic E-state index is 11.2. The highest BCUT2D eigenvalue weighted by atomic mass is 16.4. The molecular weight excluding hydrogens is 246 g/mol. The summed E-state index contributed by atoms with van der Waals surface area (Å²) in [6.07, 6.45) is 1.61. The van der Waals surface area contributed by atoms with E-state index >= 15 is 0 Å². The molecule has 3 N–H and O–H groups in total. The average molecular weight is 257 g/mol. The van der Waals surface area contributed by atoms with Crippen molar-refractivity contribution in [3.8, 4) is 0 Å². The third kappa shape index (κ3) is 1.51. The Bertz CT molecular complexity index is 837. The fraction of sp³-hybridized carbons (Fsp3) is 0.167. The fourth-order valence-corrected chi connectivity index (χ4v) is 2.19. The first-order valence-corrected chi connectivity index (χ1v) is 5.61. The third-order valence-electron chi connectivity index (χ3n) is 3.12. The molecule has 0 aliphatic heterocycles. The minimum atomic E-state index is -1.01. The molecule has 0 aliphatic carbocycles. The number of carboxylic acids is 1. The number of aromatic carboxylic acids is 1. The van der Waals surface area contributed by atoms with E-state index in [2.05, 4.69) is 15.1 Å². The van der Waals surface area contributed by atoms with Gasteiger partial charge < -0.3 is 10.8 Å². The molecule has 0 radical (unpaired) electrons. The van der Waals surface area contributed by atoms with Crippen molar-refractivity contribution in [2.45, 2.75) is 6.92 Å². The Kier molecular flexibility index (Phi) is 2.19. The smallest absolute Gasteiger partial charge is 0.337 e. The number of rotatable bonds is 1. The molecule has 7 nitrogen and oxygen atoms in total. The Morgan fingerprint density at radius 2 is 2.11 bits per heavy atom. The molecule has 3 aromatic rings. The van der Waals surface area contributed by atoms with Crippen LogP contribution in [0, 0.1) is 6.92 Å². The largest absolute Gasteiger partial charge is 0.478 e. The van der Waals surface area contributed by atoms with Crippen molar-refractivity contribution in [2.24, 2.45) is 7.05 Å². The van der Waals surface area contributed by atoms with Crippen LogP contribution in [0.3, 0.4) is 0 Å². The Hall–Kier alpha value is -2.70. The van der Waals surface area contributed by atoms with Gasteiger partial charge in [-0.3, -0.25) is 4.68 Å². The molecule has 0 fully saturated rings. The van der Waals surface area contributed by atoms with Crippen molar-refractivity contribution in [2.75, 3.05) is 5.73 Å². The van der Waals surface area contributed by atoms with Crippen LogP contribution in [0.4, 0.5) is 5.82 Å². The van der Waals surface area contributed by atoms with Crippen LogP contribution in [0.5, 0.6) is 0 Å². The third-order valence-corrected chi connectivity index (χ3v) is 3.12. The number of anilines is 1. The predicted molar refractivity (Wildman–Crippen MR) is 69.9 cm³/mol. The van der Waals surface area contributed by atoms with Crippen molar-refractivity contribution in [3.63, 3.8) is 0 Å². The van der Waals surface area contributed by atoms with Gasteiger partial charge in [0.05, 0.1) is 28.4 Å². The van der Waals surface area contributed by atoms with Crippen molar-refractivity contribution in [3.05, 3.63) is 23.5 Å². The Morgan fingerprint density at radius 1 is 1.37 bits per heavy atom. The SMILES string of the molecule is Cc1nc2nc(N)c3cnn(C)c3c2cc1C(=O)O. The van der Waals surface area contributed by atoms with Gasteiger partial charge in [-0.15, -0.1) is 0 Å². The molecule has 0 saturated carbocycles. The van der Waals surface area contributed by atoms with Gasteiger partial charge in [0.25, 0.3) is 0 Å². The summed E-state index contributed by atoms with van der Waals surface area (Å²) in [7, 11) is 1.77. The normalized spacial score (nSPS) is 11.3. The van der Waals surface area contributed by atoms with Crippen molar-refractivity contribution >= 4 is 33.7 Å². The number of hydrogen-bond acceptors (Lipinski definition) is 5. The molecule has 3 rings (SSSR count). The van der Waals surface area contributed by atoms with Crippen LogP contribution in [0.1, 0.15) is 16.1 Å². The summed E-state index contributed by atoms with van der Waals surface area (Å²) < 4.78 is 1.64. The van der Waals surface area contributed by atoms with Crippen LogP contribution in [-0.4, -0.2) is 30.8 Å². The topological polar surface area (TPSA) is 107 Å². The zero-order valence-corrected chi connectivity index (χ0v) is 10.4. The van der Waals surface area contributed by atoms with Crippen LogP contribution < -0.4 is 5.73 Å². The molecule has 0 aromatic carbocycles. The van der Waals surface area contributed by atoms with Crippen LogP contribution in [0.25, 0.3) is 21.9 Å². The number of carbonyl (C=O) groups is 1. The van der Waals surface area contributed by atoms with Gasteiger partial charge >= 0.3 is 5.97 Å². The minimum Gasteiger partial charge on any atom is -0.478 e. The fourth-order valence-electron chi connectivity index (χ4n) is 2.19. The standard InChI is InChI=1S/C12H11N5O2/c1-5-6(12(18)19)3-7-9-8(4-14-17(9)2)10(13)16-11(7)15-5/h3-4H,1-2H3,(H,18,19)(H2,13,15,16). The highest BCUT2D eigenvalue weighted by Gasteiger charge is 2.16. The summed E-state index contributed by atoms with van der Waals surface area (Å²) in [5.41, 5.74) is 7.59. The summed E-state index contributed by atoms with van der Waals surface area (Å²) in [5, 5.41) is 14.6. The molecule has 0 saturated heterocycles. The molecule has 3 heterocycles. The second kappa shape index (κ2) is 3.64. The Morgan fingerprint density at radius 3 is 2.79 bits per heavy atom. The van der Waals surface area contributed by atoms with Crippen LogP contribution in [-0.2, 0) is 7.05 Å². The summed E-state index contributed by atoms with van der Waals surface area (Å²) in [6, 6.07) is 1.57. The van der Waals surface area contributed by atoms with E-state index in [4.69, 9.17) is 10.8 Å². The summed E-state index contributed by atoms with van der Waals surface area (Å²) in [4.78, 5) is 19.6. The number of hydrogen-bond donors (Lipinski definition) is 2. The van der Waals surface area contributed by atoms with E-state index in [0.717, 1.165) is 5.52 Å². The molecule has 19 heavy (non-hydrogen) atoms. The van der Waals surface area contributed by atoms with Gasteiger partial charge in [0.15, 0.2) is 5.65 Å². The first-order valence-electron chi connectivity index (χ1n) is 5.61. The zero-order valence-electron chi connectivity index (χ0n) is 10.4. The monoisotopic (exact) mass is 257 g/mol. The number of nitrogen functional groups attached to an aromatic ring is 1. The summed E-state index contributed by atoms with van der Waals surface area (Å²) in [5.74, 6) is -0.676. The summed E-state index contributed by atoms with van der Waals surface area (Å²) >= 11 is 0. The van der Waals surface area contributed by atoms with Gasteiger partial charge in [0.2, 0.25) is 0 Å². The second-order valence-electron chi connectivity index (χ2n) is 4.33. The molecule has 0 bridgehead atoms. The molecule has 0 aliphatic rings. The van der Waals surface area contributed by atoms with E-state index < -0.39 is 5.97 Å². The number of nitrogens with two attached hydrogens (primary N) is 1. The van der Waals surface area contributed by atoms with E-state index in [1.807, 2.05) is 0 Å². The van der Waals surface area contributed by atoms with Crippen molar-refractivity contribution in [1.82, 2.24) is 19.7 Å². The van der Waals surface area contributed by atoms with Crippen molar-refractivity contribution < 1.29 is 9.90 Å². The van der Waals surface area contributed by atoms with Gasteiger partial charge in [0.1, 0.15) is 5.82 Å². The van der Waals surface area contributed by atoms with Crippen LogP contribution >= 0.6 is 0 Å². The van der Waals surface area contributed by atoms with Gasteiger partial charge in [-0.2, -0.15) is 5.10 Å². The Balaban J connectivity index is 2.56. The maximum absolute atomic E-state index is 11.2. The predicted octanol–water partition coefficient (Wildman–Crippen LogP) is 1.11. The number of carboxylic acid groups (broad SMARTS) is 1. The first kappa shape index (κ1) is 11.4. The molecule has 0 amide bonds. The average Bonchev–Trinajstić information content (AvgIpc) is 2.71. The van der Waals surface area contributed by atoms with E-state index in [9.17, 15) is 4.79 Å². The van der Waals surface area contributed by atoms with Gasteiger partial charge in [-0.25, -0.2) is 14.8 Å². The number of pyridine rings is 2. The molecule has 96 valence electrons. The van der Waals surface area contributed by atoms with Gasteiger partial charge in [0, 0.05) is 12.4 Å². The van der Waals surface area contributed by atoms with Crippen molar-refractivity contribution in [1.29, 1.82) is 0 Å². The van der Waals surface area contributed by atoms with Crippen LogP contribution in [0.2, 0.25) is 0 Å². The lowest BCUT2D eigenvalue weighted by molar-refractivity contribution is 0.0696. The molecule has 0 unspecified atom stereocenters. The van der Waals surface area contributed by atoms with Gasteiger partial charge in [-0.05, 0) is 13.0 Å². The van der Waals surface area contributed by atoms with E-state index in [1.165, 1.54) is 0 Å². The first-order chi connectivity index (χ1) is 8.99. The second-order valence-corrected chi connectivity index (χ2v) is 4.33. The van der Waals surface area contributed by atoms with E-state index in [1.54, 1.807) is 30.9 Å². The maximum Gasteiger partial charge on any atom is 0.337 e. The molecular formula is C12H11N5O2. The molecule has 7 heteroatoms. The lowest BCUT2D eigenvalue weighted by atomic mass is 10.1. The Labute approximate surface area is 107 Å². The molecule has 3 aromatic heterocycles. The summed E-state index contributed by atoms with van der Waals surface area (Å²) in [6.45, 7) is 1.63. The molecule has 0 atom stereocenters. The van der Waals surface area contributed by atoms with Gasteiger partial charge in [-0.1, -0.05) is 0 Å². The van der Waals surface area contributed by atoms with Crippen LogP contribution in [0.15, 0.2) is 12.3 Å². The highest BCUT2D eigenvalue weighted by molar-refractivity contribution is 6.08. The van der Waals surface area contributed by atoms with E-state index in [0.29, 0.717) is 27.9 Å². The number of aromatic nitrogens is 4. The zero-order chi connectivity index (χ0) is 13.7. The highest BCUT2D eigenvalue weighted by Crippen LogP contribution is 2.27. The number of nitrogens with zero attached hydrogens (tertiary/aromatic N) is 4. The minimum absolute atomic E-state index is 0.154. The lowest BCUT2D eigenvalue weighted by Gasteiger charge is -2.06.